The van der Waals surface area contributed by atoms with Gasteiger partial charge in [0.05, 0.1) is 15.5 Å². The zero-order chi connectivity index (χ0) is 18.1. The lowest BCUT2D eigenvalue weighted by atomic mass is 10.2. The number of aryl methyl sites for hydroxylation is 1. The van der Waals surface area contributed by atoms with Crippen LogP contribution in [0, 0.1) is 6.92 Å². The Bertz CT molecular complexity index is 954. The largest absolute Gasteiger partial charge is 0.243 e. The first kappa shape index (κ1) is 18.1. The number of benzene rings is 2. The van der Waals surface area contributed by atoms with E-state index in [4.69, 9.17) is 0 Å². The molecular weight excluding hydrogens is 358 g/mol. The zero-order valence-corrected chi connectivity index (χ0v) is 15.6. The smallest absolute Gasteiger partial charge is 0.224 e. The average molecular weight is 380 g/mol. The van der Waals surface area contributed by atoms with E-state index in [0.29, 0.717) is 19.4 Å². The minimum absolute atomic E-state index is 0.192. The van der Waals surface area contributed by atoms with Crippen molar-refractivity contribution in [2.24, 2.45) is 0 Å². The van der Waals surface area contributed by atoms with Crippen LogP contribution in [0.3, 0.4) is 0 Å². The molecule has 5 nitrogen and oxygen atoms in total. The van der Waals surface area contributed by atoms with Crippen molar-refractivity contribution in [3.8, 4) is 0 Å². The molecule has 0 aliphatic carbocycles. The molecule has 1 aliphatic heterocycles. The summed E-state index contributed by atoms with van der Waals surface area (Å²) in [7, 11) is -7.23. The van der Waals surface area contributed by atoms with Crippen LogP contribution in [0.15, 0.2) is 64.4 Å². The molecule has 0 unspecified atom stereocenters. The van der Waals surface area contributed by atoms with Crippen molar-refractivity contribution < 1.29 is 16.8 Å². The van der Waals surface area contributed by atoms with Crippen molar-refractivity contribution in [1.29, 1.82) is 0 Å². The summed E-state index contributed by atoms with van der Waals surface area (Å²) in [5.41, 5.74) is 0.855. The molecule has 1 aliphatic rings. The van der Waals surface area contributed by atoms with Crippen LogP contribution in [0.4, 0.5) is 0 Å². The second-order valence-corrected chi connectivity index (χ2v) is 10.2. The first-order chi connectivity index (χ1) is 11.8. The molecule has 1 atom stereocenters. The molecule has 0 spiro atoms. The predicted molar refractivity (Wildman–Crippen MR) is 96.6 cm³/mol. The van der Waals surface area contributed by atoms with E-state index in [0.717, 1.165) is 5.56 Å². The highest BCUT2D eigenvalue weighted by Crippen LogP contribution is 2.28. The fraction of sp³-hybridized carbons (Fsp3) is 0.333. The van der Waals surface area contributed by atoms with Gasteiger partial charge in [-0.15, -0.1) is 0 Å². The van der Waals surface area contributed by atoms with Gasteiger partial charge in [0, 0.05) is 12.6 Å². The summed E-state index contributed by atoms with van der Waals surface area (Å²) in [6, 6.07) is 14.4. The molecule has 1 heterocycles. The molecule has 0 bridgehead atoms. The van der Waals surface area contributed by atoms with E-state index in [1.54, 1.807) is 48.5 Å². The molecule has 7 heteroatoms. The fourth-order valence-electron chi connectivity index (χ4n) is 3.18. The SMILES string of the molecule is Cc1cccc(S(=O)(=O)N2CCC[C@@H]2CS(=O)(=O)c2ccccc2)c1. The molecule has 1 saturated heterocycles. The number of sulfone groups is 1. The van der Waals surface area contributed by atoms with Crippen LogP contribution in [0.25, 0.3) is 0 Å². The number of nitrogens with zero attached hydrogens (tertiary/aromatic N) is 1. The van der Waals surface area contributed by atoms with Crippen molar-refractivity contribution in [3.05, 3.63) is 60.2 Å². The van der Waals surface area contributed by atoms with Crippen molar-refractivity contribution in [1.82, 2.24) is 4.31 Å². The van der Waals surface area contributed by atoms with Crippen molar-refractivity contribution in [3.63, 3.8) is 0 Å². The van der Waals surface area contributed by atoms with Crippen molar-refractivity contribution in [2.75, 3.05) is 12.3 Å². The molecule has 0 N–H and O–H groups in total. The topological polar surface area (TPSA) is 71.5 Å². The number of rotatable bonds is 5. The highest BCUT2D eigenvalue weighted by atomic mass is 32.2. The zero-order valence-electron chi connectivity index (χ0n) is 14.0. The van der Waals surface area contributed by atoms with Crippen LogP contribution in [0.5, 0.6) is 0 Å². The number of hydrogen-bond donors (Lipinski definition) is 0. The molecule has 1 fully saturated rings. The maximum absolute atomic E-state index is 13.0. The predicted octanol–water partition coefficient (Wildman–Crippen LogP) is 2.62. The molecule has 25 heavy (non-hydrogen) atoms. The summed E-state index contributed by atoms with van der Waals surface area (Å²) in [5.74, 6) is -0.192. The highest BCUT2D eigenvalue weighted by Gasteiger charge is 2.38. The molecule has 134 valence electrons. The van der Waals surface area contributed by atoms with Gasteiger partial charge in [-0.05, 0) is 49.6 Å². The van der Waals surface area contributed by atoms with E-state index in [-0.39, 0.29) is 15.5 Å². The minimum atomic E-state index is -3.70. The van der Waals surface area contributed by atoms with E-state index in [2.05, 4.69) is 0 Å². The first-order valence-corrected chi connectivity index (χ1v) is 11.3. The molecular formula is C18H21NO4S2. The van der Waals surface area contributed by atoms with E-state index < -0.39 is 25.9 Å². The van der Waals surface area contributed by atoms with E-state index in [1.807, 2.05) is 13.0 Å². The Balaban J connectivity index is 1.88. The summed E-state index contributed by atoms with van der Waals surface area (Å²) < 4.78 is 52.5. The number of hydrogen-bond acceptors (Lipinski definition) is 4. The van der Waals surface area contributed by atoms with E-state index in [1.165, 1.54) is 4.31 Å². The second kappa shape index (κ2) is 6.90. The lowest BCUT2D eigenvalue weighted by Crippen LogP contribution is -2.39. The standard InChI is InChI=1S/C18H21NO4S2/c1-15-7-5-11-18(13-15)25(22,23)19-12-6-8-16(19)14-24(20,21)17-9-3-2-4-10-17/h2-5,7,9-11,13,16H,6,8,12,14H2,1H3/t16-/m1/s1. The maximum atomic E-state index is 13.0. The van der Waals surface area contributed by atoms with Crippen molar-refractivity contribution >= 4 is 19.9 Å². The van der Waals surface area contributed by atoms with Crippen LogP contribution in [0.1, 0.15) is 18.4 Å². The van der Waals surface area contributed by atoms with Crippen LogP contribution in [-0.2, 0) is 19.9 Å². The quantitative estimate of drug-likeness (QED) is 0.801. The molecule has 2 aromatic carbocycles. The van der Waals surface area contributed by atoms with Crippen LogP contribution < -0.4 is 0 Å². The molecule has 0 amide bonds. The van der Waals surface area contributed by atoms with Crippen LogP contribution in [0.2, 0.25) is 0 Å². The van der Waals surface area contributed by atoms with E-state index >= 15 is 0 Å². The molecule has 0 aromatic heterocycles. The van der Waals surface area contributed by atoms with Gasteiger partial charge in [0.2, 0.25) is 10.0 Å². The summed E-state index contributed by atoms with van der Waals surface area (Å²) in [6.45, 7) is 2.19. The third kappa shape index (κ3) is 3.78. The Labute approximate surface area is 149 Å². The lowest BCUT2D eigenvalue weighted by Gasteiger charge is -2.24. The maximum Gasteiger partial charge on any atom is 0.243 e. The Kier molecular flexibility index (Phi) is 4.99. The Morgan fingerprint density at radius 1 is 0.960 bits per heavy atom. The summed E-state index contributed by atoms with van der Waals surface area (Å²) in [5, 5.41) is 0. The Morgan fingerprint density at radius 2 is 1.64 bits per heavy atom. The summed E-state index contributed by atoms with van der Waals surface area (Å²) >= 11 is 0. The van der Waals surface area contributed by atoms with Gasteiger partial charge in [-0.25, -0.2) is 16.8 Å². The van der Waals surface area contributed by atoms with Gasteiger partial charge >= 0.3 is 0 Å². The van der Waals surface area contributed by atoms with Crippen LogP contribution >= 0.6 is 0 Å². The van der Waals surface area contributed by atoms with Crippen LogP contribution in [-0.4, -0.2) is 39.5 Å². The van der Waals surface area contributed by atoms with Gasteiger partial charge in [0.15, 0.2) is 9.84 Å². The number of sulfonamides is 1. The van der Waals surface area contributed by atoms with Gasteiger partial charge < -0.3 is 0 Å². The average Bonchev–Trinajstić information content (AvgIpc) is 3.04. The minimum Gasteiger partial charge on any atom is -0.224 e. The van der Waals surface area contributed by atoms with Gasteiger partial charge in [0.1, 0.15) is 0 Å². The monoisotopic (exact) mass is 379 g/mol. The van der Waals surface area contributed by atoms with Gasteiger partial charge in [-0.2, -0.15) is 4.31 Å². The molecule has 0 radical (unpaired) electrons. The van der Waals surface area contributed by atoms with Gasteiger partial charge in [0.25, 0.3) is 0 Å². The lowest BCUT2D eigenvalue weighted by molar-refractivity contribution is 0.407. The van der Waals surface area contributed by atoms with E-state index in [9.17, 15) is 16.8 Å². The molecule has 3 rings (SSSR count). The van der Waals surface area contributed by atoms with Gasteiger partial charge in [-0.3, -0.25) is 0 Å². The summed E-state index contributed by atoms with van der Waals surface area (Å²) in [6.07, 6.45) is 1.22. The third-order valence-corrected chi connectivity index (χ3v) is 8.20. The molecule has 0 saturated carbocycles. The Morgan fingerprint density at radius 3 is 2.32 bits per heavy atom. The fourth-order valence-corrected chi connectivity index (χ4v) is 6.69. The molecule has 2 aromatic rings. The highest BCUT2D eigenvalue weighted by molar-refractivity contribution is 7.91. The first-order valence-electron chi connectivity index (χ1n) is 8.17. The van der Waals surface area contributed by atoms with Crippen molar-refractivity contribution in [2.45, 2.75) is 35.6 Å². The normalized spacial score (nSPS) is 19.2. The summed E-state index contributed by atoms with van der Waals surface area (Å²) in [4.78, 5) is 0.450. The van der Waals surface area contributed by atoms with Gasteiger partial charge in [-0.1, -0.05) is 30.3 Å². The second-order valence-electron chi connectivity index (χ2n) is 6.32. The third-order valence-electron chi connectivity index (χ3n) is 4.43. The Hall–Kier alpha value is -1.70.